The van der Waals surface area contributed by atoms with Gasteiger partial charge in [0, 0.05) is 18.1 Å². The number of pyridine rings is 1. The molecule has 0 fully saturated rings. The van der Waals surface area contributed by atoms with Crippen LogP contribution in [0.3, 0.4) is 0 Å². The quantitative estimate of drug-likeness (QED) is 0.592. The average Bonchev–Trinajstić information content (AvgIpc) is 2.61. The highest BCUT2D eigenvalue weighted by Crippen LogP contribution is 2.33. The molecule has 6 nitrogen and oxygen atoms in total. The molecule has 1 aromatic carbocycles. The fraction of sp³-hybridized carbons (Fsp3) is 0.176. The number of nitrogens with zero attached hydrogens (tertiary/aromatic N) is 2. The molecule has 0 aliphatic heterocycles. The average molecular weight is 399 g/mol. The smallest absolute Gasteiger partial charge is 0.324 e. The van der Waals surface area contributed by atoms with Crippen molar-refractivity contribution in [2.75, 3.05) is 5.32 Å². The zero-order valence-corrected chi connectivity index (χ0v) is 14.7. The summed E-state index contributed by atoms with van der Waals surface area (Å²) in [5, 5.41) is 6.04. The van der Waals surface area contributed by atoms with Crippen LogP contribution < -0.4 is 10.7 Å². The molecule has 0 saturated heterocycles. The predicted octanol–water partition coefficient (Wildman–Crippen LogP) is 3.89. The predicted molar refractivity (Wildman–Crippen MR) is 94.5 cm³/mol. The van der Waals surface area contributed by atoms with Crippen molar-refractivity contribution in [2.45, 2.75) is 19.5 Å². The molecule has 0 bridgehead atoms. The number of hydrogen-bond donors (Lipinski definition) is 2. The molecule has 0 aliphatic carbocycles. The molecule has 2 amide bonds. The first-order chi connectivity index (χ1) is 12.7. The molecule has 0 aliphatic rings. The molecule has 142 valence electrons. The van der Waals surface area contributed by atoms with E-state index in [1.165, 1.54) is 25.4 Å². The fourth-order valence-corrected chi connectivity index (χ4v) is 2.14. The van der Waals surface area contributed by atoms with Gasteiger partial charge in [0.2, 0.25) is 5.91 Å². The van der Waals surface area contributed by atoms with E-state index in [1.807, 2.05) is 0 Å². The Morgan fingerprint density at radius 3 is 2.63 bits per heavy atom. The highest BCUT2D eigenvalue weighted by molar-refractivity contribution is 6.33. The van der Waals surface area contributed by atoms with Gasteiger partial charge in [-0.1, -0.05) is 11.6 Å². The highest BCUT2D eigenvalue weighted by Gasteiger charge is 2.31. The van der Waals surface area contributed by atoms with Gasteiger partial charge in [-0.25, -0.2) is 5.43 Å². The number of carbonyl (C=O) groups excluding carboxylic acids is 2. The van der Waals surface area contributed by atoms with E-state index in [-0.39, 0.29) is 28.4 Å². The summed E-state index contributed by atoms with van der Waals surface area (Å²) in [5.41, 5.74) is 1.70. The van der Waals surface area contributed by atoms with Crippen molar-refractivity contribution in [1.82, 2.24) is 10.4 Å². The molecule has 0 spiro atoms. The second-order valence-corrected chi connectivity index (χ2v) is 5.85. The second-order valence-electron chi connectivity index (χ2n) is 5.45. The molecule has 1 aromatic heterocycles. The lowest BCUT2D eigenvalue weighted by Gasteiger charge is -2.11. The third-order valence-corrected chi connectivity index (χ3v) is 3.59. The third kappa shape index (κ3) is 6.07. The molecule has 27 heavy (non-hydrogen) atoms. The van der Waals surface area contributed by atoms with Crippen molar-refractivity contribution in [3.63, 3.8) is 0 Å². The van der Waals surface area contributed by atoms with Crippen LogP contribution in [0.4, 0.5) is 18.9 Å². The molecular weight excluding hydrogens is 385 g/mol. The largest absolute Gasteiger partial charge is 0.416 e. The van der Waals surface area contributed by atoms with Gasteiger partial charge in [0.15, 0.2) is 0 Å². The van der Waals surface area contributed by atoms with E-state index in [2.05, 4.69) is 20.8 Å². The van der Waals surface area contributed by atoms with E-state index in [0.717, 1.165) is 18.2 Å². The van der Waals surface area contributed by atoms with Gasteiger partial charge in [-0.15, -0.1) is 0 Å². The number of hydrazone groups is 1. The number of carbonyl (C=O) groups is 2. The molecule has 0 unspecified atom stereocenters. The number of amides is 2. The summed E-state index contributed by atoms with van der Waals surface area (Å²) in [6, 6.07) is 5.73. The third-order valence-electron chi connectivity index (χ3n) is 3.26. The Morgan fingerprint density at radius 2 is 2.00 bits per heavy atom. The van der Waals surface area contributed by atoms with Crippen molar-refractivity contribution in [3.05, 3.63) is 58.9 Å². The minimum atomic E-state index is -4.56. The minimum Gasteiger partial charge on any atom is -0.324 e. The van der Waals surface area contributed by atoms with Gasteiger partial charge in [-0.3, -0.25) is 14.6 Å². The minimum absolute atomic E-state index is 0.0316. The van der Waals surface area contributed by atoms with Gasteiger partial charge < -0.3 is 5.32 Å². The number of nitrogens with one attached hydrogen (secondary N) is 2. The van der Waals surface area contributed by atoms with Gasteiger partial charge in [0.1, 0.15) is 0 Å². The van der Waals surface area contributed by atoms with Gasteiger partial charge in [0.25, 0.3) is 5.91 Å². The lowest BCUT2D eigenvalue weighted by Crippen LogP contribution is -2.21. The summed E-state index contributed by atoms with van der Waals surface area (Å²) >= 11 is 5.82. The Labute approximate surface area is 157 Å². The van der Waals surface area contributed by atoms with E-state index in [0.29, 0.717) is 0 Å². The maximum atomic E-state index is 12.7. The Balaban J connectivity index is 1.98. The molecule has 0 atom stereocenters. The molecule has 2 N–H and O–H groups in total. The molecule has 2 rings (SSSR count). The lowest BCUT2D eigenvalue weighted by molar-refractivity contribution is -0.137. The second kappa shape index (κ2) is 8.63. The zero-order valence-electron chi connectivity index (χ0n) is 14.0. The molecule has 1 heterocycles. The van der Waals surface area contributed by atoms with E-state index in [1.54, 1.807) is 6.07 Å². The maximum Gasteiger partial charge on any atom is 0.416 e. The van der Waals surface area contributed by atoms with Crippen LogP contribution in [0, 0.1) is 0 Å². The standard InChI is InChI=1S/C17H14ClF3N4O2/c1-10(24-25-16(27)11-3-2-6-22-9-11)7-15(26)23-14-8-12(17(19,20)21)4-5-13(14)18/h2-6,8-9H,7H2,1H3,(H,23,26)(H,25,27)/b24-10-. The van der Waals surface area contributed by atoms with E-state index in [9.17, 15) is 22.8 Å². The Morgan fingerprint density at radius 1 is 1.26 bits per heavy atom. The maximum absolute atomic E-state index is 12.7. The topological polar surface area (TPSA) is 83.5 Å². The summed E-state index contributed by atoms with van der Waals surface area (Å²) < 4.78 is 38.2. The SMILES string of the molecule is C/C(CC(=O)Nc1cc(C(F)(F)F)ccc1Cl)=N/NC(=O)c1cccnc1. The summed E-state index contributed by atoms with van der Waals surface area (Å²) in [4.78, 5) is 27.6. The van der Waals surface area contributed by atoms with E-state index in [4.69, 9.17) is 11.6 Å². The number of benzene rings is 1. The number of hydrogen-bond acceptors (Lipinski definition) is 4. The van der Waals surface area contributed by atoms with Crippen LogP contribution >= 0.6 is 11.6 Å². The van der Waals surface area contributed by atoms with Crippen molar-refractivity contribution >= 4 is 34.8 Å². The Kier molecular flexibility index (Phi) is 6.51. The first-order valence-corrected chi connectivity index (χ1v) is 7.94. The first kappa shape index (κ1) is 20.4. The number of anilines is 1. The lowest BCUT2D eigenvalue weighted by atomic mass is 10.2. The number of rotatable bonds is 5. The Hall–Kier alpha value is -2.94. The van der Waals surface area contributed by atoms with E-state index >= 15 is 0 Å². The highest BCUT2D eigenvalue weighted by atomic mass is 35.5. The van der Waals surface area contributed by atoms with Gasteiger partial charge >= 0.3 is 6.18 Å². The molecule has 10 heteroatoms. The number of aromatic nitrogens is 1. The van der Waals surface area contributed by atoms with Crippen molar-refractivity contribution in [3.8, 4) is 0 Å². The van der Waals surface area contributed by atoms with Gasteiger partial charge in [-0.05, 0) is 37.3 Å². The van der Waals surface area contributed by atoms with Crippen LogP contribution in [0.5, 0.6) is 0 Å². The molecule has 2 aromatic rings. The summed E-state index contributed by atoms with van der Waals surface area (Å²) in [5.74, 6) is -1.14. The van der Waals surface area contributed by atoms with Crippen LogP contribution in [0.1, 0.15) is 29.3 Å². The van der Waals surface area contributed by atoms with Crippen LogP contribution in [0.25, 0.3) is 0 Å². The Bertz CT molecular complexity index is 870. The van der Waals surface area contributed by atoms with Crippen molar-refractivity contribution in [1.29, 1.82) is 0 Å². The van der Waals surface area contributed by atoms with Crippen LogP contribution in [-0.2, 0) is 11.0 Å². The fourth-order valence-electron chi connectivity index (χ4n) is 1.97. The van der Waals surface area contributed by atoms with Crippen molar-refractivity contribution in [2.24, 2.45) is 5.10 Å². The zero-order chi connectivity index (χ0) is 20.0. The summed E-state index contributed by atoms with van der Waals surface area (Å²) in [6.07, 6.45) is -1.95. The number of alkyl halides is 3. The monoisotopic (exact) mass is 398 g/mol. The molecular formula is C17H14ClF3N4O2. The van der Waals surface area contributed by atoms with E-state index < -0.39 is 23.6 Å². The van der Waals surface area contributed by atoms with Crippen LogP contribution in [0.15, 0.2) is 47.8 Å². The van der Waals surface area contributed by atoms with Crippen LogP contribution in [0.2, 0.25) is 5.02 Å². The normalized spacial score (nSPS) is 11.8. The first-order valence-electron chi connectivity index (χ1n) is 7.57. The summed E-state index contributed by atoms with van der Waals surface area (Å²) in [6.45, 7) is 1.48. The van der Waals surface area contributed by atoms with Gasteiger partial charge in [0.05, 0.1) is 28.3 Å². The van der Waals surface area contributed by atoms with Gasteiger partial charge in [-0.2, -0.15) is 18.3 Å². The molecule has 0 saturated carbocycles. The summed E-state index contributed by atoms with van der Waals surface area (Å²) in [7, 11) is 0. The molecule has 0 radical (unpaired) electrons. The van der Waals surface area contributed by atoms with Crippen molar-refractivity contribution < 1.29 is 22.8 Å². The van der Waals surface area contributed by atoms with Crippen LogP contribution in [-0.4, -0.2) is 22.5 Å². The number of halogens is 4.